The van der Waals surface area contributed by atoms with Crippen molar-refractivity contribution in [2.75, 3.05) is 17.2 Å². The van der Waals surface area contributed by atoms with Crippen molar-refractivity contribution < 1.29 is 28.7 Å². The van der Waals surface area contributed by atoms with Crippen molar-refractivity contribution in [3.8, 4) is 0 Å². The molecule has 5 N–H and O–H groups in total. The number of hydrogen-bond donors (Lipinski definition) is 4. The molecule has 1 aliphatic rings. The van der Waals surface area contributed by atoms with Gasteiger partial charge in [0, 0.05) is 29.8 Å². The van der Waals surface area contributed by atoms with Crippen molar-refractivity contribution in [1.82, 2.24) is 4.90 Å². The van der Waals surface area contributed by atoms with E-state index in [4.69, 9.17) is 11.1 Å². The number of rotatable bonds is 6. The molecule has 0 saturated heterocycles. The van der Waals surface area contributed by atoms with Gasteiger partial charge in [0.25, 0.3) is 11.8 Å². The molecule has 34 heavy (non-hydrogen) atoms. The summed E-state index contributed by atoms with van der Waals surface area (Å²) in [5.41, 5.74) is 6.92. The van der Waals surface area contributed by atoms with Crippen LogP contribution in [0, 0.1) is 5.41 Å². The zero-order valence-corrected chi connectivity index (χ0v) is 18.5. The van der Waals surface area contributed by atoms with Crippen molar-refractivity contribution in [3.05, 3.63) is 59.2 Å². The number of hydrogen-bond acceptors (Lipinski definition) is 7. The average molecular weight is 465 g/mol. The van der Waals surface area contributed by atoms with Gasteiger partial charge in [-0.25, -0.2) is 0 Å². The van der Waals surface area contributed by atoms with Crippen molar-refractivity contribution in [2.24, 2.45) is 5.73 Å². The van der Waals surface area contributed by atoms with Crippen LogP contribution in [0.15, 0.2) is 42.5 Å². The number of nitrogens with zero attached hydrogens (tertiary/aromatic N) is 1. The normalized spacial score (nSPS) is 13.8. The summed E-state index contributed by atoms with van der Waals surface area (Å²) in [6.45, 7) is 2.36. The highest BCUT2D eigenvalue weighted by molar-refractivity contribution is 6.11. The number of amides is 3. The first-order chi connectivity index (χ1) is 16.0. The van der Waals surface area contributed by atoms with Crippen LogP contribution in [0.5, 0.6) is 0 Å². The number of nitrogens with two attached hydrogens (primary N) is 1. The maximum absolute atomic E-state index is 13.2. The summed E-state index contributed by atoms with van der Waals surface area (Å²) in [6.07, 6.45) is -0.277. The van der Waals surface area contributed by atoms with Gasteiger partial charge in [-0.1, -0.05) is 12.1 Å². The lowest BCUT2D eigenvalue weighted by molar-refractivity contribution is -0.158. The van der Waals surface area contributed by atoms with Gasteiger partial charge in [0.2, 0.25) is 5.91 Å². The molecule has 11 nitrogen and oxygen atoms in total. The third-order valence-electron chi connectivity index (χ3n) is 5.07. The lowest BCUT2D eigenvalue weighted by Crippen LogP contribution is -2.42. The number of anilines is 2. The Bertz CT molecular complexity index is 1190. The Balaban J connectivity index is 1.81. The van der Waals surface area contributed by atoms with Crippen LogP contribution >= 0.6 is 0 Å². The standard InChI is InChI=1S/C23H23N5O6/c1-12(9-20(31)34-13(2)29)28-11-19(30)27-18-8-7-16(10-17(18)23(28)33)26-22(32)15-5-3-14(4-6-15)21(24)25/h3-8,10,12H,9,11H2,1-2H3,(H3,24,25)(H,26,32)(H,27,30). The molecule has 0 radical (unpaired) electrons. The summed E-state index contributed by atoms with van der Waals surface area (Å²) < 4.78 is 4.52. The van der Waals surface area contributed by atoms with Gasteiger partial charge in [0.1, 0.15) is 12.4 Å². The van der Waals surface area contributed by atoms with E-state index in [9.17, 15) is 24.0 Å². The largest absolute Gasteiger partial charge is 0.393 e. The minimum Gasteiger partial charge on any atom is -0.393 e. The molecule has 0 aromatic heterocycles. The highest BCUT2D eigenvalue weighted by atomic mass is 16.6. The molecular weight excluding hydrogens is 442 g/mol. The number of benzene rings is 2. The third kappa shape index (κ3) is 5.63. The zero-order valence-electron chi connectivity index (χ0n) is 18.5. The van der Waals surface area contributed by atoms with E-state index >= 15 is 0 Å². The minimum atomic E-state index is -0.811. The summed E-state index contributed by atoms with van der Waals surface area (Å²) in [6, 6.07) is 9.87. The fourth-order valence-corrected chi connectivity index (χ4v) is 3.39. The lowest BCUT2D eigenvalue weighted by Gasteiger charge is -2.26. The molecule has 3 rings (SSSR count). The molecule has 1 heterocycles. The predicted octanol–water partition coefficient (Wildman–Crippen LogP) is 1.49. The Labute approximate surface area is 194 Å². The number of carbonyl (C=O) groups is 5. The summed E-state index contributed by atoms with van der Waals surface area (Å²) >= 11 is 0. The maximum atomic E-state index is 13.2. The van der Waals surface area contributed by atoms with Crippen molar-refractivity contribution in [3.63, 3.8) is 0 Å². The Kier molecular flexibility index (Phi) is 7.05. The van der Waals surface area contributed by atoms with Gasteiger partial charge in [-0.3, -0.25) is 29.4 Å². The predicted molar refractivity (Wildman–Crippen MR) is 122 cm³/mol. The molecule has 0 saturated carbocycles. The topological polar surface area (TPSA) is 172 Å². The number of ether oxygens (including phenoxy) is 1. The molecule has 1 unspecified atom stereocenters. The van der Waals surface area contributed by atoms with E-state index in [0.29, 0.717) is 16.8 Å². The molecule has 3 amide bonds. The third-order valence-corrected chi connectivity index (χ3v) is 5.07. The summed E-state index contributed by atoms with van der Waals surface area (Å²) in [5.74, 6) is -3.13. The average Bonchev–Trinajstić information content (AvgIpc) is 2.89. The number of fused-ring (bicyclic) bond motifs is 1. The van der Waals surface area contributed by atoms with Crippen molar-refractivity contribution in [2.45, 2.75) is 26.3 Å². The van der Waals surface area contributed by atoms with Crippen LogP contribution in [0.1, 0.15) is 46.5 Å². The van der Waals surface area contributed by atoms with Gasteiger partial charge >= 0.3 is 11.9 Å². The Morgan fingerprint density at radius 1 is 1.15 bits per heavy atom. The van der Waals surface area contributed by atoms with Gasteiger partial charge in [0.15, 0.2) is 0 Å². The van der Waals surface area contributed by atoms with Crippen LogP contribution in [-0.4, -0.2) is 53.0 Å². The van der Waals surface area contributed by atoms with Gasteiger partial charge in [-0.15, -0.1) is 0 Å². The number of carbonyl (C=O) groups excluding carboxylic acids is 5. The molecule has 0 aliphatic carbocycles. The molecule has 0 spiro atoms. The molecule has 0 bridgehead atoms. The molecule has 2 aromatic rings. The Morgan fingerprint density at radius 2 is 1.79 bits per heavy atom. The molecule has 11 heteroatoms. The molecule has 2 aromatic carbocycles. The van der Waals surface area contributed by atoms with E-state index in [1.165, 1.54) is 35.2 Å². The number of nitrogens with one attached hydrogen (secondary N) is 3. The van der Waals surface area contributed by atoms with Gasteiger partial charge in [0.05, 0.1) is 17.7 Å². The SMILES string of the molecule is CC(=O)OC(=O)CC(C)N1CC(=O)Nc2ccc(NC(=O)c3ccc(C(=N)N)cc3)cc2C1=O. The molecular formula is C23H23N5O6. The molecule has 0 fully saturated rings. The molecule has 1 aliphatic heterocycles. The highest BCUT2D eigenvalue weighted by Crippen LogP contribution is 2.26. The first kappa shape index (κ1) is 24.1. The van der Waals surface area contributed by atoms with E-state index in [1.54, 1.807) is 19.1 Å². The quantitative estimate of drug-likeness (QED) is 0.216. The van der Waals surface area contributed by atoms with Crippen LogP contribution in [0.25, 0.3) is 0 Å². The van der Waals surface area contributed by atoms with Crippen molar-refractivity contribution in [1.29, 1.82) is 5.41 Å². The second-order valence-electron chi connectivity index (χ2n) is 7.71. The van der Waals surface area contributed by atoms with Crippen molar-refractivity contribution >= 4 is 46.9 Å². The fraction of sp³-hybridized carbons (Fsp3) is 0.217. The van der Waals surface area contributed by atoms with Crippen LogP contribution in [0.3, 0.4) is 0 Å². The molecule has 1 atom stereocenters. The van der Waals surface area contributed by atoms with E-state index in [0.717, 1.165) is 6.92 Å². The summed E-state index contributed by atoms with van der Waals surface area (Å²) in [4.78, 5) is 62.2. The number of esters is 2. The van der Waals surface area contributed by atoms with E-state index in [1.807, 2.05) is 0 Å². The van der Waals surface area contributed by atoms with Gasteiger partial charge in [-0.2, -0.15) is 0 Å². The smallest absolute Gasteiger partial charge is 0.315 e. The van der Waals surface area contributed by atoms with Gasteiger partial charge < -0.3 is 26.0 Å². The number of amidine groups is 1. The maximum Gasteiger partial charge on any atom is 0.315 e. The number of nitrogen functional groups attached to an aromatic ring is 1. The van der Waals surface area contributed by atoms with Gasteiger partial charge in [-0.05, 0) is 37.3 Å². The lowest BCUT2D eigenvalue weighted by atomic mass is 10.1. The van der Waals surface area contributed by atoms with Crippen LogP contribution in [0.4, 0.5) is 11.4 Å². The summed E-state index contributed by atoms with van der Waals surface area (Å²) in [7, 11) is 0. The van der Waals surface area contributed by atoms with E-state index in [-0.39, 0.29) is 30.1 Å². The van der Waals surface area contributed by atoms with Crippen LogP contribution in [0.2, 0.25) is 0 Å². The first-order valence-electron chi connectivity index (χ1n) is 10.3. The summed E-state index contributed by atoms with van der Waals surface area (Å²) in [5, 5.41) is 12.7. The Hall–Kier alpha value is -4.54. The second-order valence-corrected chi connectivity index (χ2v) is 7.71. The molecule has 176 valence electrons. The highest BCUT2D eigenvalue weighted by Gasteiger charge is 2.31. The van der Waals surface area contributed by atoms with Crippen LogP contribution < -0.4 is 16.4 Å². The second kappa shape index (κ2) is 9.94. The fourth-order valence-electron chi connectivity index (χ4n) is 3.39. The van der Waals surface area contributed by atoms with E-state index in [2.05, 4.69) is 15.4 Å². The van der Waals surface area contributed by atoms with E-state index < -0.39 is 35.7 Å². The van der Waals surface area contributed by atoms with Crippen LogP contribution in [-0.2, 0) is 19.1 Å². The monoisotopic (exact) mass is 465 g/mol. The Morgan fingerprint density at radius 3 is 2.41 bits per heavy atom. The zero-order chi connectivity index (χ0) is 25.0. The first-order valence-corrected chi connectivity index (χ1v) is 10.3. The minimum absolute atomic E-state index is 0.119.